The molecule has 94 valence electrons. The molecule has 0 radical (unpaired) electrons. The highest BCUT2D eigenvalue weighted by molar-refractivity contribution is 7.09. The smallest absolute Gasteiger partial charge is 0.404 e. The molecule has 1 aliphatic carbocycles. The van der Waals surface area contributed by atoms with E-state index >= 15 is 0 Å². The average Bonchev–Trinajstić information content (AvgIpc) is 2.76. The Morgan fingerprint density at radius 1 is 1.65 bits per heavy atom. The van der Waals surface area contributed by atoms with Crippen LogP contribution >= 0.6 is 22.9 Å². The lowest BCUT2D eigenvalue weighted by Gasteiger charge is -2.33. The molecule has 0 saturated heterocycles. The summed E-state index contributed by atoms with van der Waals surface area (Å²) in [5, 5.41) is 11.1. The van der Waals surface area contributed by atoms with Crippen molar-refractivity contribution < 1.29 is 9.90 Å². The molecule has 3 unspecified atom stereocenters. The van der Waals surface area contributed by atoms with Gasteiger partial charge in [-0.05, 0) is 25.2 Å². The van der Waals surface area contributed by atoms with E-state index < -0.39 is 6.09 Å². The number of carboxylic acid groups (broad SMARTS) is 1. The first-order chi connectivity index (χ1) is 8.16. The molecule has 1 amide bonds. The summed E-state index contributed by atoms with van der Waals surface area (Å²) in [6.07, 6.45) is 4.69. The topological polar surface area (TPSA) is 62.2 Å². The second kappa shape index (κ2) is 5.69. The molecule has 1 fully saturated rings. The molecule has 0 aromatic carbocycles. The molecule has 2 N–H and O–H groups in total. The van der Waals surface area contributed by atoms with Crippen molar-refractivity contribution in [3.05, 3.63) is 16.6 Å². The fourth-order valence-corrected chi connectivity index (χ4v) is 3.47. The van der Waals surface area contributed by atoms with Gasteiger partial charge < -0.3 is 10.4 Å². The van der Waals surface area contributed by atoms with Gasteiger partial charge in [0.1, 0.15) is 0 Å². The van der Waals surface area contributed by atoms with E-state index in [4.69, 9.17) is 16.7 Å². The lowest BCUT2D eigenvalue weighted by atomic mass is 9.83. The van der Waals surface area contributed by atoms with Crippen LogP contribution < -0.4 is 5.32 Å². The Bertz CT molecular complexity index is 372. The molecule has 1 aromatic heterocycles. The van der Waals surface area contributed by atoms with Crippen molar-refractivity contribution >= 4 is 29.0 Å². The Balaban J connectivity index is 1.96. The van der Waals surface area contributed by atoms with E-state index in [0.717, 1.165) is 25.7 Å². The first-order valence-electron chi connectivity index (χ1n) is 5.67. The fourth-order valence-electron chi connectivity index (χ4n) is 2.37. The molecule has 0 aliphatic heterocycles. The van der Waals surface area contributed by atoms with Crippen molar-refractivity contribution in [2.45, 2.75) is 37.1 Å². The summed E-state index contributed by atoms with van der Waals surface area (Å²) in [6, 6.07) is -0.124. The number of nitrogens with one attached hydrogen (secondary N) is 1. The average molecular weight is 275 g/mol. The summed E-state index contributed by atoms with van der Waals surface area (Å²) < 4.78 is 0. The molecular weight excluding hydrogens is 260 g/mol. The number of amides is 1. The van der Waals surface area contributed by atoms with Gasteiger partial charge in [0.15, 0.2) is 0 Å². The van der Waals surface area contributed by atoms with Crippen molar-refractivity contribution in [1.29, 1.82) is 0 Å². The van der Waals surface area contributed by atoms with Gasteiger partial charge in [-0.15, -0.1) is 22.9 Å². The molecule has 0 bridgehead atoms. The summed E-state index contributed by atoms with van der Waals surface area (Å²) in [5.74, 6) is 0.336. The Kier molecular flexibility index (Phi) is 4.23. The van der Waals surface area contributed by atoms with Crippen molar-refractivity contribution in [3.63, 3.8) is 0 Å². The van der Waals surface area contributed by atoms with Crippen molar-refractivity contribution in [2.24, 2.45) is 5.92 Å². The van der Waals surface area contributed by atoms with Crippen molar-refractivity contribution in [3.8, 4) is 0 Å². The fraction of sp³-hybridized carbons (Fsp3) is 0.636. The van der Waals surface area contributed by atoms with Crippen LogP contribution in [-0.2, 0) is 6.42 Å². The summed E-state index contributed by atoms with van der Waals surface area (Å²) in [5.41, 5.74) is 1.81. The molecule has 1 saturated carbocycles. The zero-order valence-electron chi connectivity index (χ0n) is 9.30. The van der Waals surface area contributed by atoms with E-state index in [1.807, 2.05) is 11.7 Å². The van der Waals surface area contributed by atoms with E-state index in [1.165, 1.54) is 4.88 Å². The Morgan fingerprint density at radius 3 is 3.12 bits per heavy atom. The Morgan fingerprint density at radius 2 is 2.47 bits per heavy atom. The first-order valence-corrected chi connectivity index (χ1v) is 6.99. The van der Waals surface area contributed by atoms with Crippen LogP contribution in [0.3, 0.4) is 0 Å². The van der Waals surface area contributed by atoms with Crippen LogP contribution in [-0.4, -0.2) is 27.6 Å². The third-order valence-electron chi connectivity index (χ3n) is 3.18. The standard InChI is InChI=1S/C11H15ClN2O2S/c12-10-7(4-8-5-13-6-17-8)2-1-3-9(10)14-11(15)16/h5-7,9-10,14H,1-4H2,(H,15,16). The SMILES string of the molecule is O=C(O)NC1CCCC(Cc2cncs2)C1Cl. The monoisotopic (exact) mass is 274 g/mol. The highest BCUT2D eigenvalue weighted by Gasteiger charge is 2.32. The molecule has 17 heavy (non-hydrogen) atoms. The number of alkyl halides is 1. The van der Waals surface area contributed by atoms with Crippen molar-refractivity contribution in [1.82, 2.24) is 10.3 Å². The lowest BCUT2D eigenvalue weighted by Crippen LogP contribution is -2.46. The third-order valence-corrected chi connectivity index (χ3v) is 4.64. The van der Waals surface area contributed by atoms with E-state index in [9.17, 15) is 4.79 Å². The first kappa shape index (κ1) is 12.6. The van der Waals surface area contributed by atoms with Crippen LogP contribution in [0, 0.1) is 5.92 Å². The highest BCUT2D eigenvalue weighted by atomic mass is 35.5. The van der Waals surface area contributed by atoms with Gasteiger partial charge in [0.25, 0.3) is 0 Å². The highest BCUT2D eigenvalue weighted by Crippen LogP contribution is 2.32. The number of rotatable bonds is 3. The van der Waals surface area contributed by atoms with Crippen LogP contribution in [0.4, 0.5) is 4.79 Å². The van der Waals surface area contributed by atoms with Gasteiger partial charge in [-0.3, -0.25) is 4.98 Å². The van der Waals surface area contributed by atoms with Gasteiger partial charge in [-0.1, -0.05) is 6.42 Å². The molecule has 6 heteroatoms. The number of hydrogen-bond donors (Lipinski definition) is 2. The minimum atomic E-state index is -0.987. The molecule has 1 aromatic rings. The second-order valence-corrected chi connectivity index (χ2v) is 5.84. The van der Waals surface area contributed by atoms with E-state index in [-0.39, 0.29) is 11.4 Å². The van der Waals surface area contributed by atoms with Crippen LogP contribution in [0.15, 0.2) is 11.7 Å². The summed E-state index contributed by atoms with van der Waals surface area (Å²) >= 11 is 8.00. The van der Waals surface area contributed by atoms with E-state index in [0.29, 0.717) is 5.92 Å². The lowest BCUT2D eigenvalue weighted by molar-refractivity contribution is 0.182. The Labute approximate surface area is 109 Å². The van der Waals surface area contributed by atoms with Crippen LogP contribution in [0.2, 0.25) is 0 Å². The molecule has 4 nitrogen and oxygen atoms in total. The van der Waals surface area contributed by atoms with Gasteiger partial charge in [0.2, 0.25) is 0 Å². The predicted octanol–water partition coefficient (Wildman–Crippen LogP) is 2.73. The normalized spacial score (nSPS) is 28.9. The largest absolute Gasteiger partial charge is 0.465 e. The number of halogens is 1. The quantitative estimate of drug-likeness (QED) is 0.833. The van der Waals surface area contributed by atoms with Gasteiger partial charge in [-0.2, -0.15) is 0 Å². The predicted molar refractivity (Wildman–Crippen MR) is 67.7 cm³/mol. The maximum atomic E-state index is 10.7. The molecule has 2 rings (SSSR count). The van der Waals surface area contributed by atoms with Gasteiger partial charge >= 0.3 is 6.09 Å². The minimum Gasteiger partial charge on any atom is -0.465 e. The van der Waals surface area contributed by atoms with E-state index in [1.54, 1.807) is 11.3 Å². The molecule has 1 heterocycles. The maximum Gasteiger partial charge on any atom is 0.404 e. The maximum absolute atomic E-state index is 10.7. The molecule has 3 atom stereocenters. The van der Waals surface area contributed by atoms with Gasteiger partial charge in [-0.25, -0.2) is 4.79 Å². The number of thiazole rings is 1. The van der Waals surface area contributed by atoms with Crippen LogP contribution in [0.1, 0.15) is 24.1 Å². The summed E-state index contributed by atoms with van der Waals surface area (Å²) in [7, 11) is 0. The Hall–Kier alpha value is -0.810. The van der Waals surface area contributed by atoms with Crippen LogP contribution in [0.25, 0.3) is 0 Å². The zero-order valence-corrected chi connectivity index (χ0v) is 10.9. The van der Waals surface area contributed by atoms with E-state index in [2.05, 4.69) is 10.3 Å². The zero-order chi connectivity index (χ0) is 12.3. The van der Waals surface area contributed by atoms with Crippen molar-refractivity contribution in [2.75, 3.05) is 0 Å². The van der Waals surface area contributed by atoms with Crippen LogP contribution in [0.5, 0.6) is 0 Å². The summed E-state index contributed by atoms with van der Waals surface area (Å²) in [4.78, 5) is 15.9. The number of carbonyl (C=O) groups is 1. The van der Waals surface area contributed by atoms with Gasteiger partial charge in [0, 0.05) is 17.1 Å². The number of hydrogen-bond acceptors (Lipinski definition) is 3. The minimum absolute atomic E-state index is 0.123. The second-order valence-electron chi connectivity index (χ2n) is 4.36. The molecule has 1 aliphatic rings. The number of aromatic nitrogens is 1. The summed E-state index contributed by atoms with van der Waals surface area (Å²) in [6.45, 7) is 0. The molecular formula is C11H15ClN2O2S. The number of nitrogens with zero attached hydrogens (tertiary/aromatic N) is 1. The third kappa shape index (κ3) is 3.33. The molecule has 0 spiro atoms. The van der Waals surface area contributed by atoms with Gasteiger partial charge in [0.05, 0.1) is 10.9 Å².